The fourth-order valence-corrected chi connectivity index (χ4v) is 2.02. The molecule has 0 saturated heterocycles. The standard InChI is InChI=1S/C12H8F3NO3/c1-16-7-5-3-2-4-6(7)8(9(16)11(18)19)10(17)12(13,14)15/h2-5H,1H3,(H,18,19). The third-order valence-corrected chi connectivity index (χ3v) is 2.79. The maximum absolute atomic E-state index is 12.6. The van der Waals surface area contributed by atoms with Crippen LogP contribution in [0.15, 0.2) is 24.3 Å². The fourth-order valence-electron chi connectivity index (χ4n) is 2.02. The quantitative estimate of drug-likeness (QED) is 0.854. The minimum atomic E-state index is -5.12. The molecule has 0 radical (unpaired) electrons. The van der Waals surface area contributed by atoms with Gasteiger partial charge in [-0.05, 0) is 6.07 Å². The number of hydrogen-bond acceptors (Lipinski definition) is 2. The molecular weight excluding hydrogens is 263 g/mol. The highest BCUT2D eigenvalue weighted by Gasteiger charge is 2.43. The molecule has 0 bridgehead atoms. The second-order valence-electron chi connectivity index (χ2n) is 3.93. The molecule has 0 atom stereocenters. The largest absolute Gasteiger partial charge is 0.477 e. The monoisotopic (exact) mass is 271 g/mol. The number of carboxylic acid groups (broad SMARTS) is 1. The Morgan fingerprint density at radius 1 is 1.21 bits per heavy atom. The summed E-state index contributed by atoms with van der Waals surface area (Å²) >= 11 is 0. The first-order valence-corrected chi connectivity index (χ1v) is 5.17. The number of rotatable bonds is 2. The lowest BCUT2D eigenvalue weighted by atomic mass is 10.1. The van der Waals surface area contributed by atoms with Gasteiger partial charge in [-0.3, -0.25) is 4.79 Å². The van der Waals surface area contributed by atoms with Crippen molar-refractivity contribution in [3.05, 3.63) is 35.5 Å². The van der Waals surface area contributed by atoms with Crippen LogP contribution in [0.3, 0.4) is 0 Å². The zero-order valence-corrected chi connectivity index (χ0v) is 9.65. The number of nitrogens with zero attached hydrogens (tertiary/aromatic N) is 1. The maximum Gasteiger partial charge on any atom is 0.454 e. The Labute approximate surface area is 105 Å². The predicted octanol–water partition coefficient (Wildman–Crippen LogP) is 2.62. The van der Waals surface area contributed by atoms with Crippen LogP contribution in [0.5, 0.6) is 0 Å². The molecule has 1 aromatic carbocycles. The molecule has 2 aromatic rings. The van der Waals surface area contributed by atoms with Gasteiger partial charge in [-0.2, -0.15) is 13.2 Å². The lowest BCUT2D eigenvalue weighted by Gasteiger charge is -2.05. The Morgan fingerprint density at radius 2 is 1.79 bits per heavy atom. The van der Waals surface area contributed by atoms with Crippen molar-refractivity contribution in [2.75, 3.05) is 0 Å². The van der Waals surface area contributed by atoms with E-state index in [2.05, 4.69) is 0 Å². The lowest BCUT2D eigenvalue weighted by molar-refractivity contribution is -0.0884. The molecule has 0 unspecified atom stereocenters. The number of para-hydroxylation sites is 1. The normalized spacial score (nSPS) is 11.8. The summed E-state index contributed by atoms with van der Waals surface area (Å²) in [5, 5.41) is 9.00. The molecule has 0 aliphatic carbocycles. The summed E-state index contributed by atoms with van der Waals surface area (Å²) in [7, 11) is 1.30. The van der Waals surface area contributed by atoms with Gasteiger partial charge in [0.15, 0.2) is 0 Å². The maximum atomic E-state index is 12.6. The van der Waals surface area contributed by atoms with Gasteiger partial charge in [-0.25, -0.2) is 4.79 Å². The van der Waals surface area contributed by atoms with Crippen molar-refractivity contribution < 1.29 is 27.9 Å². The van der Waals surface area contributed by atoms with E-state index in [-0.39, 0.29) is 10.9 Å². The molecule has 19 heavy (non-hydrogen) atoms. The zero-order valence-electron chi connectivity index (χ0n) is 9.65. The first-order chi connectivity index (χ1) is 8.75. The molecule has 0 fully saturated rings. The summed E-state index contributed by atoms with van der Waals surface area (Å²) in [4.78, 5) is 22.5. The molecule has 0 aliphatic heterocycles. The summed E-state index contributed by atoms with van der Waals surface area (Å²) in [6.45, 7) is 0. The van der Waals surface area contributed by atoms with Crippen molar-refractivity contribution in [2.45, 2.75) is 6.18 Å². The van der Waals surface area contributed by atoms with Gasteiger partial charge in [0.2, 0.25) is 0 Å². The average molecular weight is 271 g/mol. The second kappa shape index (κ2) is 4.11. The van der Waals surface area contributed by atoms with Crippen LogP contribution in [0.2, 0.25) is 0 Å². The van der Waals surface area contributed by atoms with Gasteiger partial charge in [-0.1, -0.05) is 18.2 Å². The molecule has 0 amide bonds. The number of carbonyl (C=O) groups is 2. The average Bonchev–Trinajstić information content (AvgIpc) is 2.61. The summed E-state index contributed by atoms with van der Waals surface area (Å²) in [6, 6.07) is 5.74. The van der Waals surface area contributed by atoms with Gasteiger partial charge in [0.05, 0.1) is 5.56 Å². The summed E-state index contributed by atoms with van der Waals surface area (Å²) < 4.78 is 38.8. The first-order valence-electron chi connectivity index (χ1n) is 5.17. The van der Waals surface area contributed by atoms with E-state index in [0.717, 1.165) is 4.57 Å². The first kappa shape index (κ1) is 13.1. The van der Waals surface area contributed by atoms with Crippen LogP contribution in [-0.4, -0.2) is 27.6 Å². The Bertz CT molecular complexity index is 685. The Morgan fingerprint density at radius 3 is 2.32 bits per heavy atom. The van der Waals surface area contributed by atoms with E-state index in [1.54, 1.807) is 6.07 Å². The van der Waals surface area contributed by atoms with Gasteiger partial charge in [0.25, 0.3) is 5.78 Å². The topological polar surface area (TPSA) is 59.3 Å². The van der Waals surface area contributed by atoms with Crippen LogP contribution in [0.4, 0.5) is 13.2 Å². The molecule has 0 saturated carbocycles. The number of carbonyl (C=O) groups excluding carboxylic acids is 1. The number of benzene rings is 1. The van der Waals surface area contributed by atoms with Crippen molar-refractivity contribution in [2.24, 2.45) is 7.05 Å². The van der Waals surface area contributed by atoms with Crippen molar-refractivity contribution >= 4 is 22.7 Å². The third-order valence-electron chi connectivity index (χ3n) is 2.79. The minimum Gasteiger partial charge on any atom is -0.477 e. The van der Waals surface area contributed by atoms with E-state index < -0.39 is 29.2 Å². The number of aromatic carboxylic acids is 1. The molecule has 4 nitrogen and oxygen atoms in total. The summed E-state index contributed by atoms with van der Waals surface area (Å²) in [5.74, 6) is -3.73. The highest BCUT2D eigenvalue weighted by molar-refractivity contribution is 6.17. The molecule has 7 heteroatoms. The molecule has 0 spiro atoms. The fraction of sp³-hybridized carbons (Fsp3) is 0.167. The molecule has 0 aliphatic rings. The van der Waals surface area contributed by atoms with Crippen LogP contribution < -0.4 is 0 Å². The summed E-state index contributed by atoms with van der Waals surface area (Å²) in [5.41, 5.74) is -1.23. The van der Waals surface area contributed by atoms with Crippen molar-refractivity contribution in [1.29, 1.82) is 0 Å². The van der Waals surface area contributed by atoms with Crippen molar-refractivity contribution in [1.82, 2.24) is 4.57 Å². The van der Waals surface area contributed by atoms with Crippen molar-refractivity contribution in [3.8, 4) is 0 Å². The SMILES string of the molecule is Cn1c(C(=O)O)c(C(=O)C(F)(F)F)c2ccccc21. The third kappa shape index (κ3) is 1.96. The van der Waals surface area contributed by atoms with Gasteiger partial charge in [0, 0.05) is 18.0 Å². The Balaban J connectivity index is 2.89. The van der Waals surface area contributed by atoms with Gasteiger partial charge >= 0.3 is 12.1 Å². The van der Waals surface area contributed by atoms with E-state index >= 15 is 0 Å². The predicted molar refractivity (Wildman–Crippen MR) is 60.3 cm³/mol. The minimum absolute atomic E-state index is 0.0234. The number of ketones is 1. The van der Waals surface area contributed by atoms with E-state index in [4.69, 9.17) is 5.11 Å². The lowest BCUT2D eigenvalue weighted by Crippen LogP contribution is -2.25. The second-order valence-corrected chi connectivity index (χ2v) is 3.93. The highest BCUT2D eigenvalue weighted by atomic mass is 19.4. The molecular formula is C12H8F3NO3. The zero-order chi connectivity index (χ0) is 14.4. The van der Waals surface area contributed by atoms with Crippen LogP contribution in [0, 0.1) is 0 Å². The van der Waals surface area contributed by atoms with E-state index in [1.807, 2.05) is 0 Å². The Hall–Kier alpha value is -2.31. The van der Waals surface area contributed by atoms with Gasteiger partial charge < -0.3 is 9.67 Å². The van der Waals surface area contributed by atoms with Gasteiger partial charge in [-0.15, -0.1) is 0 Å². The number of aryl methyl sites for hydroxylation is 1. The molecule has 1 N–H and O–H groups in total. The summed E-state index contributed by atoms with van der Waals surface area (Å²) in [6.07, 6.45) is -5.12. The number of Topliss-reactive ketones (excluding diaryl/α,β-unsaturated/α-hetero) is 1. The smallest absolute Gasteiger partial charge is 0.454 e. The van der Waals surface area contributed by atoms with Crippen molar-refractivity contribution in [3.63, 3.8) is 0 Å². The van der Waals surface area contributed by atoms with Gasteiger partial charge in [0.1, 0.15) is 5.69 Å². The van der Waals surface area contributed by atoms with Crippen LogP contribution in [0.25, 0.3) is 10.9 Å². The molecule has 100 valence electrons. The number of hydrogen-bond donors (Lipinski definition) is 1. The molecule has 1 heterocycles. The number of alkyl halides is 3. The molecule has 2 rings (SSSR count). The van der Waals surface area contributed by atoms with E-state index in [9.17, 15) is 22.8 Å². The number of halogens is 3. The van der Waals surface area contributed by atoms with Crippen LogP contribution in [-0.2, 0) is 7.05 Å². The highest BCUT2D eigenvalue weighted by Crippen LogP contribution is 2.31. The Kier molecular flexibility index (Phi) is 2.84. The molecule has 1 aromatic heterocycles. The number of fused-ring (bicyclic) bond motifs is 1. The number of aromatic nitrogens is 1. The van der Waals surface area contributed by atoms with E-state index in [1.165, 1.54) is 25.2 Å². The van der Waals surface area contributed by atoms with Crippen LogP contribution >= 0.6 is 0 Å². The van der Waals surface area contributed by atoms with E-state index in [0.29, 0.717) is 0 Å². The van der Waals surface area contributed by atoms with Crippen LogP contribution in [0.1, 0.15) is 20.8 Å². The number of carboxylic acids is 1.